The Hall–Kier alpha value is -2.74. The summed E-state index contributed by atoms with van der Waals surface area (Å²) >= 11 is 0. The number of nitrogens with two attached hydrogens (primary N) is 1. The fourth-order valence-electron chi connectivity index (χ4n) is 4.20. The highest BCUT2D eigenvalue weighted by Crippen LogP contribution is 2.28. The number of rotatable bonds is 5. The van der Waals surface area contributed by atoms with E-state index in [-0.39, 0.29) is 17.9 Å². The van der Waals surface area contributed by atoms with Crippen LogP contribution < -0.4 is 11.1 Å². The van der Waals surface area contributed by atoms with Gasteiger partial charge in [-0.05, 0) is 57.8 Å². The number of likely N-dealkylation sites (tertiary alicyclic amines) is 2. The number of anilines is 3. The summed E-state index contributed by atoms with van der Waals surface area (Å²) < 4.78 is 0. The predicted octanol–water partition coefficient (Wildman–Crippen LogP) is 2.59. The molecule has 1 aromatic carbocycles. The van der Waals surface area contributed by atoms with Crippen molar-refractivity contribution in [2.45, 2.75) is 38.6 Å². The molecule has 2 aromatic rings. The standard InChI is InChI=1S/C21H29N7O/c1-15(27-13-9-16(10-14-27)19(29)28-11-5-6-12-28)18-24-20(22)26-21(25-18)23-17-7-3-2-4-8-17/h2-4,7-8,15-16H,5-6,9-14H2,1H3,(H3,22,23,24,25,26)/t15-/m1/s1. The van der Waals surface area contributed by atoms with Crippen LogP contribution in [-0.2, 0) is 4.79 Å². The van der Waals surface area contributed by atoms with E-state index in [1.807, 2.05) is 35.2 Å². The summed E-state index contributed by atoms with van der Waals surface area (Å²) in [6.45, 7) is 5.66. The van der Waals surface area contributed by atoms with Crippen molar-refractivity contribution in [3.8, 4) is 0 Å². The number of carbonyl (C=O) groups excluding carboxylic acids is 1. The van der Waals surface area contributed by atoms with Gasteiger partial charge in [-0.2, -0.15) is 15.0 Å². The van der Waals surface area contributed by atoms with Crippen molar-refractivity contribution in [2.75, 3.05) is 37.2 Å². The molecule has 1 atom stereocenters. The monoisotopic (exact) mass is 395 g/mol. The van der Waals surface area contributed by atoms with Gasteiger partial charge in [0.15, 0.2) is 5.82 Å². The molecule has 0 saturated carbocycles. The van der Waals surface area contributed by atoms with E-state index in [1.165, 1.54) is 0 Å². The fraction of sp³-hybridized carbons (Fsp3) is 0.524. The lowest BCUT2D eigenvalue weighted by Gasteiger charge is -2.36. The van der Waals surface area contributed by atoms with E-state index in [9.17, 15) is 4.79 Å². The van der Waals surface area contributed by atoms with E-state index in [4.69, 9.17) is 5.73 Å². The van der Waals surface area contributed by atoms with Gasteiger partial charge in [0.2, 0.25) is 17.8 Å². The molecule has 3 heterocycles. The molecule has 0 spiro atoms. The van der Waals surface area contributed by atoms with Crippen molar-refractivity contribution in [1.29, 1.82) is 0 Å². The Bertz CT molecular complexity index is 830. The van der Waals surface area contributed by atoms with E-state index in [2.05, 4.69) is 32.1 Å². The maximum Gasteiger partial charge on any atom is 0.232 e. The van der Waals surface area contributed by atoms with Crippen molar-refractivity contribution < 1.29 is 4.79 Å². The molecule has 0 bridgehead atoms. The molecule has 8 nitrogen and oxygen atoms in total. The molecule has 1 aromatic heterocycles. The summed E-state index contributed by atoms with van der Waals surface area (Å²) in [6.07, 6.45) is 4.05. The number of benzene rings is 1. The number of hydrogen-bond donors (Lipinski definition) is 2. The lowest BCUT2D eigenvalue weighted by Crippen LogP contribution is -2.42. The van der Waals surface area contributed by atoms with Crippen LogP contribution >= 0.6 is 0 Å². The summed E-state index contributed by atoms with van der Waals surface area (Å²) in [5.41, 5.74) is 6.84. The van der Waals surface area contributed by atoms with Crippen molar-refractivity contribution in [2.24, 2.45) is 5.92 Å². The second-order valence-electron chi connectivity index (χ2n) is 7.89. The molecule has 2 aliphatic heterocycles. The van der Waals surface area contributed by atoms with Gasteiger partial charge >= 0.3 is 0 Å². The Balaban J connectivity index is 1.39. The molecule has 8 heteroatoms. The van der Waals surface area contributed by atoms with Gasteiger partial charge in [-0.3, -0.25) is 9.69 Å². The van der Waals surface area contributed by atoms with E-state index in [0.29, 0.717) is 17.7 Å². The highest BCUT2D eigenvalue weighted by Gasteiger charge is 2.32. The second kappa shape index (κ2) is 8.73. The quantitative estimate of drug-likeness (QED) is 0.802. The average molecular weight is 396 g/mol. The van der Waals surface area contributed by atoms with Gasteiger partial charge < -0.3 is 16.0 Å². The largest absolute Gasteiger partial charge is 0.368 e. The van der Waals surface area contributed by atoms with Crippen molar-refractivity contribution in [3.63, 3.8) is 0 Å². The third kappa shape index (κ3) is 4.64. The van der Waals surface area contributed by atoms with E-state index >= 15 is 0 Å². The highest BCUT2D eigenvalue weighted by atomic mass is 16.2. The molecule has 1 amide bonds. The molecule has 0 aliphatic carbocycles. The van der Waals surface area contributed by atoms with Gasteiger partial charge in [0.25, 0.3) is 0 Å². The molecule has 154 valence electrons. The topological polar surface area (TPSA) is 100 Å². The molecule has 2 fully saturated rings. The lowest BCUT2D eigenvalue weighted by atomic mass is 9.94. The van der Waals surface area contributed by atoms with E-state index in [1.54, 1.807) is 0 Å². The minimum absolute atomic E-state index is 0.0134. The second-order valence-corrected chi connectivity index (χ2v) is 7.89. The molecule has 3 N–H and O–H groups in total. The van der Waals surface area contributed by atoms with Crippen LogP contribution in [0.15, 0.2) is 30.3 Å². The first kappa shape index (κ1) is 19.6. The number of hydrogen-bond acceptors (Lipinski definition) is 7. The minimum Gasteiger partial charge on any atom is -0.368 e. The first-order valence-electron chi connectivity index (χ1n) is 10.5. The third-order valence-corrected chi connectivity index (χ3v) is 5.92. The Kier molecular flexibility index (Phi) is 5.89. The van der Waals surface area contributed by atoms with Crippen molar-refractivity contribution in [3.05, 3.63) is 36.2 Å². The Morgan fingerprint density at radius 2 is 1.76 bits per heavy atom. The number of nitrogen functional groups attached to an aromatic ring is 1. The van der Waals surface area contributed by atoms with Crippen molar-refractivity contribution in [1.82, 2.24) is 24.8 Å². The summed E-state index contributed by atoms with van der Waals surface area (Å²) in [5.74, 6) is 1.80. The SMILES string of the molecule is C[C@H](c1nc(N)nc(Nc2ccccc2)n1)N1CCC(C(=O)N2CCCC2)CC1. The molecular weight excluding hydrogens is 366 g/mol. The minimum atomic E-state index is 0.0134. The zero-order valence-corrected chi connectivity index (χ0v) is 16.9. The Morgan fingerprint density at radius 1 is 1.07 bits per heavy atom. The number of nitrogens with zero attached hydrogens (tertiary/aromatic N) is 5. The molecule has 2 saturated heterocycles. The first-order chi connectivity index (χ1) is 14.1. The van der Waals surface area contributed by atoms with Crippen LogP contribution in [0.1, 0.15) is 44.5 Å². The zero-order valence-electron chi connectivity index (χ0n) is 16.9. The predicted molar refractivity (Wildman–Crippen MR) is 112 cm³/mol. The van der Waals surface area contributed by atoms with Crippen LogP contribution in [0.2, 0.25) is 0 Å². The zero-order chi connectivity index (χ0) is 20.2. The van der Waals surface area contributed by atoms with Gasteiger partial charge in [0.05, 0.1) is 6.04 Å². The van der Waals surface area contributed by atoms with Crippen LogP contribution in [0, 0.1) is 5.92 Å². The van der Waals surface area contributed by atoms with Crippen LogP contribution in [0.3, 0.4) is 0 Å². The van der Waals surface area contributed by atoms with E-state index < -0.39 is 0 Å². The maximum absolute atomic E-state index is 12.7. The third-order valence-electron chi connectivity index (χ3n) is 5.92. The number of carbonyl (C=O) groups is 1. The van der Waals surface area contributed by atoms with Gasteiger partial charge in [0.1, 0.15) is 0 Å². The number of aromatic nitrogens is 3. The number of nitrogens with one attached hydrogen (secondary N) is 1. The van der Waals surface area contributed by atoms with Crippen LogP contribution in [0.25, 0.3) is 0 Å². The average Bonchev–Trinajstić information content (AvgIpc) is 3.28. The Morgan fingerprint density at radius 3 is 2.45 bits per heavy atom. The van der Waals surface area contributed by atoms with Gasteiger partial charge in [-0.1, -0.05) is 18.2 Å². The summed E-state index contributed by atoms with van der Waals surface area (Å²) in [7, 11) is 0. The molecule has 2 aliphatic rings. The van der Waals surface area contributed by atoms with Crippen LogP contribution in [-0.4, -0.2) is 56.8 Å². The summed E-state index contributed by atoms with van der Waals surface area (Å²) in [6, 6.07) is 9.77. The van der Waals surface area contributed by atoms with Crippen LogP contribution in [0.4, 0.5) is 17.6 Å². The van der Waals surface area contributed by atoms with Gasteiger partial charge in [0, 0.05) is 24.7 Å². The van der Waals surface area contributed by atoms with Gasteiger partial charge in [-0.15, -0.1) is 0 Å². The number of para-hydroxylation sites is 1. The van der Waals surface area contributed by atoms with E-state index in [0.717, 1.165) is 57.5 Å². The molecule has 4 rings (SSSR count). The Labute approximate surface area is 171 Å². The molecule has 0 radical (unpaired) electrons. The molecule has 0 unspecified atom stereocenters. The van der Waals surface area contributed by atoms with Crippen molar-refractivity contribution >= 4 is 23.5 Å². The molecular formula is C21H29N7O. The number of amides is 1. The summed E-state index contributed by atoms with van der Waals surface area (Å²) in [5, 5.41) is 3.19. The highest BCUT2D eigenvalue weighted by molar-refractivity contribution is 5.79. The number of piperidine rings is 1. The lowest BCUT2D eigenvalue weighted by molar-refractivity contribution is -0.136. The fourth-order valence-corrected chi connectivity index (χ4v) is 4.20. The normalized spacial score (nSPS) is 19.3. The van der Waals surface area contributed by atoms with Crippen LogP contribution in [0.5, 0.6) is 0 Å². The summed E-state index contributed by atoms with van der Waals surface area (Å²) in [4.78, 5) is 30.2. The molecule has 29 heavy (non-hydrogen) atoms. The van der Waals surface area contributed by atoms with Gasteiger partial charge in [-0.25, -0.2) is 0 Å². The smallest absolute Gasteiger partial charge is 0.232 e. The first-order valence-corrected chi connectivity index (χ1v) is 10.5. The maximum atomic E-state index is 12.7.